The van der Waals surface area contributed by atoms with Crippen molar-refractivity contribution in [3.05, 3.63) is 48.9 Å². The van der Waals surface area contributed by atoms with Crippen LogP contribution in [0.5, 0.6) is 0 Å². The SMILES string of the molecule is C=C/C=C\C(=C/C)N(/C=C\C)CCC. The maximum Gasteiger partial charge on any atom is 0.0362 e. The Hall–Kier alpha value is -1.24. The Labute approximate surface area is 88.1 Å². The summed E-state index contributed by atoms with van der Waals surface area (Å²) in [6.45, 7) is 11.0. The lowest BCUT2D eigenvalue weighted by Gasteiger charge is -2.20. The lowest BCUT2D eigenvalue weighted by atomic mass is 10.3. The van der Waals surface area contributed by atoms with E-state index in [2.05, 4.69) is 49.8 Å². The lowest BCUT2D eigenvalue weighted by Crippen LogP contribution is -2.16. The summed E-state index contributed by atoms with van der Waals surface area (Å²) >= 11 is 0. The maximum atomic E-state index is 3.67. The van der Waals surface area contributed by atoms with Crippen molar-refractivity contribution in [1.29, 1.82) is 0 Å². The Kier molecular flexibility index (Phi) is 7.62. The predicted octanol–water partition coefficient (Wildman–Crippen LogP) is 3.88. The Bertz CT molecular complexity index is 234. The zero-order chi connectivity index (χ0) is 10.8. The van der Waals surface area contributed by atoms with Gasteiger partial charge in [-0.2, -0.15) is 0 Å². The second kappa shape index (κ2) is 8.36. The molecule has 0 radical (unpaired) electrons. The average Bonchev–Trinajstić information content (AvgIpc) is 2.19. The molecular formula is C13H21N. The van der Waals surface area contributed by atoms with Gasteiger partial charge in [0, 0.05) is 12.2 Å². The summed E-state index contributed by atoms with van der Waals surface area (Å²) < 4.78 is 0. The second-order valence-electron chi connectivity index (χ2n) is 2.98. The highest BCUT2D eigenvalue weighted by atomic mass is 15.1. The Balaban J connectivity index is 4.58. The van der Waals surface area contributed by atoms with Gasteiger partial charge in [0.25, 0.3) is 0 Å². The van der Waals surface area contributed by atoms with Gasteiger partial charge in [-0.1, -0.05) is 37.8 Å². The van der Waals surface area contributed by atoms with E-state index in [-0.39, 0.29) is 0 Å². The quantitative estimate of drug-likeness (QED) is 0.576. The van der Waals surface area contributed by atoms with Crippen LogP contribution in [0.2, 0.25) is 0 Å². The molecule has 0 amide bonds. The van der Waals surface area contributed by atoms with Gasteiger partial charge in [0.15, 0.2) is 0 Å². The van der Waals surface area contributed by atoms with Crippen molar-refractivity contribution in [2.24, 2.45) is 0 Å². The van der Waals surface area contributed by atoms with Gasteiger partial charge in [-0.3, -0.25) is 0 Å². The van der Waals surface area contributed by atoms with Crippen LogP contribution >= 0.6 is 0 Å². The van der Waals surface area contributed by atoms with E-state index >= 15 is 0 Å². The molecule has 1 heteroatoms. The third-order valence-electron chi connectivity index (χ3n) is 1.82. The van der Waals surface area contributed by atoms with Crippen molar-refractivity contribution in [3.63, 3.8) is 0 Å². The number of hydrogen-bond donors (Lipinski definition) is 0. The Morgan fingerprint density at radius 2 is 2.07 bits per heavy atom. The van der Waals surface area contributed by atoms with E-state index in [1.165, 1.54) is 5.70 Å². The fourth-order valence-electron chi connectivity index (χ4n) is 1.23. The molecule has 14 heavy (non-hydrogen) atoms. The van der Waals surface area contributed by atoms with E-state index in [4.69, 9.17) is 0 Å². The monoisotopic (exact) mass is 191 g/mol. The van der Waals surface area contributed by atoms with Crippen molar-refractivity contribution in [3.8, 4) is 0 Å². The molecule has 0 bridgehead atoms. The van der Waals surface area contributed by atoms with E-state index in [0.717, 1.165) is 13.0 Å². The molecule has 0 unspecified atom stereocenters. The molecule has 0 fully saturated rings. The van der Waals surface area contributed by atoms with Crippen molar-refractivity contribution < 1.29 is 0 Å². The molecule has 0 aromatic rings. The van der Waals surface area contributed by atoms with Gasteiger partial charge in [0.2, 0.25) is 0 Å². The first-order valence-electron chi connectivity index (χ1n) is 5.15. The summed E-state index contributed by atoms with van der Waals surface area (Å²) in [5, 5.41) is 0. The summed E-state index contributed by atoms with van der Waals surface area (Å²) in [5.41, 5.74) is 1.21. The van der Waals surface area contributed by atoms with Crippen LogP contribution in [0, 0.1) is 0 Å². The molecule has 78 valence electrons. The number of hydrogen-bond acceptors (Lipinski definition) is 1. The van der Waals surface area contributed by atoms with E-state index < -0.39 is 0 Å². The van der Waals surface area contributed by atoms with Crippen LogP contribution in [-0.4, -0.2) is 11.4 Å². The Morgan fingerprint density at radius 3 is 2.50 bits per heavy atom. The fourth-order valence-corrected chi connectivity index (χ4v) is 1.23. The van der Waals surface area contributed by atoms with Crippen molar-refractivity contribution in [1.82, 2.24) is 4.90 Å². The summed E-state index contributed by atoms with van der Waals surface area (Å²) in [7, 11) is 0. The van der Waals surface area contributed by atoms with Crippen molar-refractivity contribution in [2.75, 3.05) is 6.54 Å². The molecule has 0 aliphatic heterocycles. The minimum absolute atomic E-state index is 1.05. The van der Waals surface area contributed by atoms with E-state index in [9.17, 15) is 0 Å². The minimum atomic E-state index is 1.05. The van der Waals surface area contributed by atoms with Crippen molar-refractivity contribution in [2.45, 2.75) is 27.2 Å². The molecule has 0 aliphatic rings. The second-order valence-corrected chi connectivity index (χ2v) is 2.98. The molecule has 0 spiro atoms. The smallest absolute Gasteiger partial charge is 0.0362 e. The molecule has 0 saturated heterocycles. The van der Waals surface area contributed by atoms with Crippen LogP contribution in [0.3, 0.4) is 0 Å². The van der Waals surface area contributed by atoms with Gasteiger partial charge in [0.05, 0.1) is 0 Å². The summed E-state index contributed by atoms with van der Waals surface area (Å²) in [4.78, 5) is 2.24. The Morgan fingerprint density at radius 1 is 1.36 bits per heavy atom. The van der Waals surface area contributed by atoms with Gasteiger partial charge >= 0.3 is 0 Å². The first-order valence-corrected chi connectivity index (χ1v) is 5.15. The highest BCUT2D eigenvalue weighted by Crippen LogP contribution is 2.08. The number of allylic oxidation sites excluding steroid dienone is 5. The van der Waals surface area contributed by atoms with Gasteiger partial charge in [-0.05, 0) is 32.5 Å². The third kappa shape index (κ3) is 4.70. The van der Waals surface area contributed by atoms with Crippen LogP contribution in [0.15, 0.2) is 48.9 Å². The maximum absolute atomic E-state index is 3.67. The molecule has 0 aromatic carbocycles. The third-order valence-corrected chi connectivity index (χ3v) is 1.82. The standard InChI is InChI=1S/C13H21N/c1-5-9-10-13(8-4)14(11-6-2)12-7-3/h5-6,8-11H,1,7,12H2,2-4H3/b10-9-,11-6-,13-8+. The van der Waals surface area contributed by atoms with Gasteiger partial charge < -0.3 is 4.90 Å². The summed E-state index contributed by atoms with van der Waals surface area (Å²) in [6.07, 6.45) is 13.2. The molecule has 0 heterocycles. The van der Waals surface area contributed by atoms with Gasteiger partial charge in [-0.15, -0.1) is 0 Å². The van der Waals surface area contributed by atoms with Crippen LogP contribution in [-0.2, 0) is 0 Å². The molecule has 0 atom stereocenters. The van der Waals surface area contributed by atoms with E-state index in [1.807, 2.05) is 13.0 Å². The first kappa shape index (κ1) is 12.8. The van der Waals surface area contributed by atoms with Crippen LogP contribution in [0.1, 0.15) is 27.2 Å². The molecule has 0 saturated carbocycles. The van der Waals surface area contributed by atoms with Gasteiger partial charge in [-0.25, -0.2) is 0 Å². The molecule has 0 aromatic heterocycles. The zero-order valence-corrected chi connectivity index (χ0v) is 9.53. The van der Waals surface area contributed by atoms with Crippen LogP contribution in [0.25, 0.3) is 0 Å². The summed E-state index contributed by atoms with van der Waals surface area (Å²) in [6, 6.07) is 0. The topological polar surface area (TPSA) is 3.24 Å². The number of rotatable bonds is 6. The molecule has 0 rings (SSSR count). The van der Waals surface area contributed by atoms with Crippen LogP contribution in [0.4, 0.5) is 0 Å². The molecule has 0 aliphatic carbocycles. The van der Waals surface area contributed by atoms with E-state index in [1.54, 1.807) is 6.08 Å². The molecule has 1 nitrogen and oxygen atoms in total. The average molecular weight is 191 g/mol. The molecular weight excluding hydrogens is 170 g/mol. The lowest BCUT2D eigenvalue weighted by molar-refractivity contribution is 0.474. The normalized spacial score (nSPS) is 12.6. The van der Waals surface area contributed by atoms with Crippen molar-refractivity contribution >= 4 is 0 Å². The predicted molar refractivity (Wildman–Crippen MR) is 64.9 cm³/mol. The van der Waals surface area contributed by atoms with E-state index in [0.29, 0.717) is 0 Å². The molecule has 0 N–H and O–H groups in total. The largest absolute Gasteiger partial charge is 0.349 e. The highest BCUT2D eigenvalue weighted by molar-refractivity contribution is 5.21. The highest BCUT2D eigenvalue weighted by Gasteiger charge is 1.99. The first-order chi connectivity index (χ1) is 6.79. The summed E-state index contributed by atoms with van der Waals surface area (Å²) in [5.74, 6) is 0. The number of nitrogens with zero attached hydrogens (tertiary/aromatic N) is 1. The minimum Gasteiger partial charge on any atom is -0.349 e. The fraction of sp³-hybridized carbons (Fsp3) is 0.385. The zero-order valence-electron chi connectivity index (χ0n) is 9.53. The van der Waals surface area contributed by atoms with Crippen LogP contribution < -0.4 is 0 Å². The van der Waals surface area contributed by atoms with Gasteiger partial charge in [0.1, 0.15) is 0 Å².